The summed E-state index contributed by atoms with van der Waals surface area (Å²) in [4.78, 5) is 16.0. The number of hydrogen-bond acceptors (Lipinski definition) is 6. The Morgan fingerprint density at radius 1 is 1.14 bits per heavy atom. The van der Waals surface area contributed by atoms with E-state index in [2.05, 4.69) is 16.3 Å². The van der Waals surface area contributed by atoms with Crippen LogP contribution in [0, 0.1) is 22.7 Å². The van der Waals surface area contributed by atoms with E-state index in [1.165, 1.54) is 28.7 Å². The molecule has 6 nitrogen and oxygen atoms in total. The zero-order chi connectivity index (χ0) is 20.2. The van der Waals surface area contributed by atoms with E-state index in [1.54, 1.807) is 6.07 Å². The molecule has 2 aromatic rings. The molecule has 1 amide bonds. The smallest absolute Gasteiger partial charge is 0.267 e. The zero-order valence-electron chi connectivity index (χ0n) is 16.2. The van der Waals surface area contributed by atoms with Gasteiger partial charge in [-0.25, -0.2) is 0 Å². The van der Waals surface area contributed by atoms with Gasteiger partial charge in [-0.2, -0.15) is 10.5 Å². The van der Waals surface area contributed by atoms with Gasteiger partial charge in [-0.3, -0.25) is 4.79 Å². The maximum absolute atomic E-state index is 12.7. The standard InChI is InChI=1S/C22H22N4O2S/c23-13-15(12-16-8-9-20(28-16)26-10-4-1-5-11-26)21(27)25-22-18(14-24)17-6-2-3-7-19(17)29-22/h8-9,12H,1-7,10-11H2,(H,25,27). The Kier molecular flexibility index (Phi) is 5.69. The van der Waals surface area contributed by atoms with Gasteiger partial charge in [0.1, 0.15) is 28.5 Å². The van der Waals surface area contributed by atoms with Crippen LogP contribution >= 0.6 is 11.3 Å². The fourth-order valence-corrected chi connectivity index (χ4v) is 5.17. The third-order valence-corrected chi connectivity index (χ3v) is 6.65. The third-order valence-electron chi connectivity index (χ3n) is 5.44. The van der Waals surface area contributed by atoms with Crippen molar-refractivity contribution in [3.63, 3.8) is 0 Å². The molecule has 1 aliphatic carbocycles. The average Bonchev–Trinajstić information content (AvgIpc) is 3.36. The molecular formula is C22H22N4O2S. The summed E-state index contributed by atoms with van der Waals surface area (Å²) in [5.41, 5.74) is 1.55. The van der Waals surface area contributed by atoms with Crippen molar-refractivity contribution in [3.05, 3.63) is 39.5 Å². The number of hydrogen-bond donors (Lipinski definition) is 1. The number of fused-ring (bicyclic) bond motifs is 1. The minimum absolute atomic E-state index is 0.0418. The molecule has 3 heterocycles. The minimum Gasteiger partial charge on any atom is -0.441 e. The fourth-order valence-electron chi connectivity index (χ4n) is 3.94. The van der Waals surface area contributed by atoms with Crippen LogP contribution in [0.3, 0.4) is 0 Å². The first-order chi connectivity index (χ1) is 14.2. The summed E-state index contributed by atoms with van der Waals surface area (Å²) in [7, 11) is 0. The maximum atomic E-state index is 12.7. The van der Waals surface area contributed by atoms with Gasteiger partial charge in [0, 0.05) is 30.1 Å². The summed E-state index contributed by atoms with van der Waals surface area (Å²) < 4.78 is 5.84. The third kappa shape index (κ3) is 4.06. The number of furan rings is 1. The molecule has 0 bridgehead atoms. The second-order valence-electron chi connectivity index (χ2n) is 7.37. The molecule has 7 heteroatoms. The van der Waals surface area contributed by atoms with Crippen LogP contribution in [0.4, 0.5) is 10.9 Å². The zero-order valence-corrected chi connectivity index (χ0v) is 17.0. The Bertz CT molecular complexity index is 1030. The van der Waals surface area contributed by atoms with Gasteiger partial charge in [0.2, 0.25) is 0 Å². The summed E-state index contributed by atoms with van der Waals surface area (Å²) in [6.45, 7) is 1.92. The number of thiophene rings is 1. The van der Waals surface area contributed by atoms with Crippen LogP contribution in [0.1, 0.15) is 53.9 Å². The highest BCUT2D eigenvalue weighted by atomic mass is 32.1. The number of rotatable bonds is 4. The average molecular weight is 407 g/mol. The largest absolute Gasteiger partial charge is 0.441 e. The number of nitrogens with zero attached hydrogens (tertiary/aromatic N) is 3. The molecule has 1 saturated heterocycles. The molecule has 29 heavy (non-hydrogen) atoms. The van der Waals surface area contributed by atoms with Crippen LogP contribution in [0.5, 0.6) is 0 Å². The molecule has 4 rings (SSSR count). The molecule has 148 valence electrons. The Hall–Kier alpha value is -3.03. The first-order valence-corrected chi connectivity index (χ1v) is 10.8. The molecule has 2 aliphatic rings. The number of carbonyl (C=O) groups excluding carboxylic acids is 1. The second kappa shape index (κ2) is 8.55. The Labute approximate surface area is 174 Å². The number of amides is 1. The van der Waals surface area contributed by atoms with E-state index in [1.807, 2.05) is 12.1 Å². The first-order valence-electron chi connectivity index (χ1n) is 10.0. The second-order valence-corrected chi connectivity index (χ2v) is 8.48. The van der Waals surface area contributed by atoms with Crippen LogP contribution in [0.2, 0.25) is 0 Å². The SMILES string of the molecule is N#CC(=Cc1ccc(N2CCCCC2)o1)C(=O)Nc1sc2c(c1C#N)CCCC2. The number of piperidine rings is 1. The molecule has 1 fully saturated rings. The van der Waals surface area contributed by atoms with Crippen molar-refractivity contribution in [3.8, 4) is 12.1 Å². The Morgan fingerprint density at radius 2 is 1.93 bits per heavy atom. The van der Waals surface area contributed by atoms with Gasteiger partial charge >= 0.3 is 0 Å². The predicted molar refractivity (Wildman–Crippen MR) is 113 cm³/mol. The molecule has 0 spiro atoms. The topological polar surface area (TPSA) is 93.1 Å². The van der Waals surface area contributed by atoms with Crippen molar-refractivity contribution in [1.29, 1.82) is 10.5 Å². The van der Waals surface area contributed by atoms with E-state index in [0.717, 1.165) is 63.1 Å². The fraction of sp³-hybridized carbons (Fsp3) is 0.409. The lowest BCUT2D eigenvalue weighted by molar-refractivity contribution is -0.112. The van der Waals surface area contributed by atoms with Gasteiger partial charge in [0.25, 0.3) is 5.91 Å². The van der Waals surface area contributed by atoms with Crippen LogP contribution < -0.4 is 10.2 Å². The van der Waals surface area contributed by atoms with E-state index in [4.69, 9.17) is 4.42 Å². The normalized spacial score (nSPS) is 16.6. The van der Waals surface area contributed by atoms with Gasteiger partial charge in [0.05, 0.1) is 5.56 Å². The molecule has 1 aliphatic heterocycles. The van der Waals surface area contributed by atoms with E-state index in [0.29, 0.717) is 16.3 Å². The lowest BCUT2D eigenvalue weighted by Crippen LogP contribution is -2.28. The van der Waals surface area contributed by atoms with Crippen molar-refractivity contribution in [1.82, 2.24) is 0 Å². The molecular weight excluding hydrogens is 384 g/mol. The highest BCUT2D eigenvalue weighted by molar-refractivity contribution is 7.16. The molecule has 0 atom stereocenters. The number of carbonyl (C=O) groups is 1. The number of nitrogens with one attached hydrogen (secondary N) is 1. The van der Waals surface area contributed by atoms with E-state index >= 15 is 0 Å². The van der Waals surface area contributed by atoms with Gasteiger partial charge in [-0.15, -0.1) is 11.3 Å². The number of aryl methyl sites for hydroxylation is 1. The van der Waals surface area contributed by atoms with Gasteiger partial charge in [0.15, 0.2) is 5.88 Å². The van der Waals surface area contributed by atoms with Crippen LogP contribution in [0.25, 0.3) is 6.08 Å². The van der Waals surface area contributed by atoms with Gasteiger partial charge < -0.3 is 14.6 Å². The van der Waals surface area contributed by atoms with Gasteiger partial charge in [-0.1, -0.05) is 0 Å². The lowest BCUT2D eigenvalue weighted by Gasteiger charge is -2.25. The summed E-state index contributed by atoms with van der Waals surface area (Å²) in [6.07, 6.45) is 8.96. The van der Waals surface area contributed by atoms with E-state index in [9.17, 15) is 15.3 Å². The van der Waals surface area contributed by atoms with Gasteiger partial charge in [-0.05, 0) is 56.6 Å². The summed E-state index contributed by atoms with van der Waals surface area (Å²) in [5.74, 6) is 0.730. The lowest BCUT2D eigenvalue weighted by atomic mass is 9.96. The number of nitriles is 2. The van der Waals surface area contributed by atoms with Crippen LogP contribution in [-0.2, 0) is 17.6 Å². The van der Waals surface area contributed by atoms with Crippen LogP contribution in [-0.4, -0.2) is 19.0 Å². The van der Waals surface area contributed by atoms with Crippen LogP contribution in [0.15, 0.2) is 22.1 Å². The summed E-state index contributed by atoms with van der Waals surface area (Å²) in [5, 5.41) is 22.3. The quantitative estimate of drug-likeness (QED) is 0.590. The minimum atomic E-state index is -0.515. The highest BCUT2D eigenvalue weighted by Crippen LogP contribution is 2.37. The first kappa shape index (κ1) is 19.3. The number of anilines is 2. The molecule has 2 aromatic heterocycles. The molecule has 0 unspecified atom stereocenters. The maximum Gasteiger partial charge on any atom is 0.267 e. The van der Waals surface area contributed by atoms with Crippen molar-refractivity contribution in [2.75, 3.05) is 23.3 Å². The van der Waals surface area contributed by atoms with E-state index < -0.39 is 5.91 Å². The van der Waals surface area contributed by atoms with E-state index in [-0.39, 0.29) is 5.57 Å². The Morgan fingerprint density at radius 3 is 2.69 bits per heavy atom. The van der Waals surface area contributed by atoms with Crippen molar-refractivity contribution in [2.45, 2.75) is 44.9 Å². The molecule has 0 aromatic carbocycles. The Balaban J connectivity index is 1.52. The molecule has 0 radical (unpaired) electrons. The van der Waals surface area contributed by atoms with Crippen molar-refractivity contribution < 1.29 is 9.21 Å². The van der Waals surface area contributed by atoms with Crippen molar-refractivity contribution in [2.24, 2.45) is 0 Å². The van der Waals surface area contributed by atoms with Crippen molar-refractivity contribution >= 4 is 34.2 Å². The summed E-state index contributed by atoms with van der Waals surface area (Å²) >= 11 is 1.45. The molecule has 1 N–H and O–H groups in total. The predicted octanol–water partition coefficient (Wildman–Crippen LogP) is 4.63. The highest BCUT2D eigenvalue weighted by Gasteiger charge is 2.23. The monoisotopic (exact) mass is 406 g/mol. The summed E-state index contributed by atoms with van der Waals surface area (Å²) in [6, 6.07) is 7.84. The molecule has 0 saturated carbocycles.